The molecule has 1 aromatic carbocycles. The number of hydrogen-bond donors (Lipinski definition) is 2. The highest BCUT2D eigenvalue weighted by atomic mass is 32.1. The minimum atomic E-state index is -0.00697. The maximum Gasteiger partial charge on any atom is 0.191 e. The topological polar surface area (TPSA) is 76.4 Å². The molecule has 30 heavy (non-hydrogen) atoms. The van der Waals surface area contributed by atoms with Gasteiger partial charge in [-0.1, -0.05) is 24.3 Å². The van der Waals surface area contributed by atoms with Gasteiger partial charge < -0.3 is 19.9 Å². The Labute approximate surface area is 182 Å². The van der Waals surface area contributed by atoms with E-state index in [2.05, 4.69) is 58.3 Å². The summed E-state index contributed by atoms with van der Waals surface area (Å²) >= 11 is 1.77. The van der Waals surface area contributed by atoms with Gasteiger partial charge in [-0.2, -0.15) is 0 Å². The Hall–Kier alpha value is -2.87. The second-order valence-electron chi connectivity index (χ2n) is 7.22. The van der Waals surface area contributed by atoms with Gasteiger partial charge in [0.1, 0.15) is 24.2 Å². The number of nitrogens with zero attached hydrogens (tertiary/aromatic N) is 4. The van der Waals surface area contributed by atoms with Crippen molar-refractivity contribution in [2.45, 2.75) is 39.8 Å². The molecule has 0 aliphatic rings. The molecule has 3 aromatic rings. The lowest BCUT2D eigenvalue weighted by atomic mass is 10.2. The molecule has 0 amide bonds. The van der Waals surface area contributed by atoms with E-state index in [1.54, 1.807) is 11.3 Å². The van der Waals surface area contributed by atoms with Gasteiger partial charge in [0.05, 0.1) is 6.54 Å². The van der Waals surface area contributed by atoms with E-state index in [0.717, 1.165) is 41.9 Å². The van der Waals surface area contributed by atoms with Crippen molar-refractivity contribution in [3.8, 4) is 5.75 Å². The van der Waals surface area contributed by atoms with Crippen molar-refractivity contribution in [3.63, 3.8) is 0 Å². The number of aromatic nitrogens is 3. The molecule has 160 valence electrons. The molecule has 0 spiro atoms. The first-order valence-electron chi connectivity index (χ1n) is 10.1. The third-order valence-electron chi connectivity index (χ3n) is 4.78. The minimum absolute atomic E-state index is 0.00697. The summed E-state index contributed by atoms with van der Waals surface area (Å²) in [5.74, 6) is 3.36. The molecule has 0 aliphatic heterocycles. The highest BCUT2D eigenvalue weighted by Crippen LogP contribution is 2.17. The molecule has 0 saturated heterocycles. The Morgan fingerprint density at radius 3 is 2.70 bits per heavy atom. The molecule has 8 heteroatoms. The molecule has 2 aromatic heterocycles. The lowest BCUT2D eigenvalue weighted by Gasteiger charge is -2.19. The van der Waals surface area contributed by atoms with E-state index < -0.39 is 0 Å². The van der Waals surface area contributed by atoms with Crippen LogP contribution in [0.3, 0.4) is 0 Å². The van der Waals surface area contributed by atoms with Crippen LogP contribution in [0.1, 0.15) is 29.0 Å². The fourth-order valence-electron chi connectivity index (χ4n) is 2.86. The Kier molecular flexibility index (Phi) is 7.84. The first-order valence-corrected chi connectivity index (χ1v) is 11.0. The molecule has 0 bridgehead atoms. The van der Waals surface area contributed by atoms with E-state index >= 15 is 0 Å². The summed E-state index contributed by atoms with van der Waals surface area (Å²) in [6.45, 7) is 7.93. The standard InChI is InChI=1S/C22H30N6OS/c1-16-8-5-6-10-20(16)29-17(2)14-24-22(23-12-11-19-9-7-13-30-19)25-15-21-27-26-18(3)28(21)4/h5-10,13,17H,11-12,14-15H2,1-4H3,(H2,23,24,25). The van der Waals surface area contributed by atoms with Crippen molar-refractivity contribution >= 4 is 17.3 Å². The van der Waals surface area contributed by atoms with Crippen LogP contribution in [0.5, 0.6) is 5.75 Å². The average Bonchev–Trinajstić information content (AvgIpc) is 3.36. The van der Waals surface area contributed by atoms with Gasteiger partial charge in [-0.15, -0.1) is 21.5 Å². The lowest BCUT2D eigenvalue weighted by Crippen LogP contribution is -2.42. The number of guanidine groups is 1. The number of para-hydroxylation sites is 1. The largest absolute Gasteiger partial charge is 0.489 e. The van der Waals surface area contributed by atoms with Crippen LogP contribution in [0.15, 0.2) is 46.8 Å². The first-order chi connectivity index (χ1) is 14.5. The Bertz CT molecular complexity index is 950. The maximum absolute atomic E-state index is 6.07. The molecule has 0 fully saturated rings. The van der Waals surface area contributed by atoms with Crippen LogP contribution in [-0.2, 0) is 20.0 Å². The van der Waals surface area contributed by atoms with Crippen LogP contribution in [0.4, 0.5) is 0 Å². The van der Waals surface area contributed by atoms with E-state index in [4.69, 9.17) is 9.73 Å². The SMILES string of the molecule is Cc1ccccc1OC(C)CNC(=NCc1nnc(C)n1C)NCCc1cccs1. The third-order valence-corrected chi connectivity index (χ3v) is 5.72. The average molecular weight is 427 g/mol. The maximum atomic E-state index is 6.07. The summed E-state index contributed by atoms with van der Waals surface area (Å²) in [5.41, 5.74) is 1.13. The highest BCUT2D eigenvalue weighted by Gasteiger charge is 2.09. The van der Waals surface area contributed by atoms with Gasteiger partial charge in [0, 0.05) is 18.5 Å². The molecule has 0 aliphatic carbocycles. The zero-order valence-electron chi connectivity index (χ0n) is 18.1. The molecule has 1 atom stereocenters. The summed E-state index contributed by atoms with van der Waals surface area (Å²) in [6, 6.07) is 12.3. The van der Waals surface area contributed by atoms with Crippen LogP contribution in [-0.4, -0.2) is 39.9 Å². The molecular weight excluding hydrogens is 396 g/mol. The van der Waals surface area contributed by atoms with Crippen molar-refractivity contribution in [2.24, 2.45) is 12.0 Å². The van der Waals surface area contributed by atoms with Crippen molar-refractivity contribution in [2.75, 3.05) is 13.1 Å². The third kappa shape index (κ3) is 6.32. The number of rotatable bonds is 9. The number of ether oxygens (including phenoxy) is 1. The second kappa shape index (κ2) is 10.8. The van der Waals surface area contributed by atoms with Crippen molar-refractivity contribution in [1.82, 2.24) is 25.4 Å². The summed E-state index contributed by atoms with van der Waals surface area (Å²) in [7, 11) is 1.95. The monoisotopic (exact) mass is 426 g/mol. The van der Waals surface area contributed by atoms with E-state index in [0.29, 0.717) is 13.1 Å². The summed E-state index contributed by atoms with van der Waals surface area (Å²) in [5, 5.41) is 17.2. The predicted octanol–water partition coefficient (Wildman–Crippen LogP) is 3.24. The van der Waals surface area contributed by atoms with Crippen LogP contribution in [0, 0.1) is 13.8 Å². The van der Waals surface area contributed by atoms with Crippen LogP contribution in [0.2, 0.25) is 0 Å². The Morgan fingerprint density at radius 1 is 1.17 bits per heavy atom. The smallest absolute Gasteiger partial charge is 0.191 e. The van der Waals surface area contributed by atoms with Gasteiger partial charge in [0.15, 0.2) is 11.8 Å². The first kappa shape index (κ1) is 21.8. The van der Waals surface area contributed by atoms with Crippen LogP contribution >= 0.6 is 11.3 Å². The van der Waals surface area contributed by atoms with E-state index in [1.165, 1.54) is 4.88 Å². The quantitative estimate of drug-likeness (QED) is 0.406. The molecule has 2 N–H and O–H groups in total. The van der Waals surface area contributed by atoms with E-state index in [-0.39, 0.29) is 6.10 Å². The summed E-state index contributed by atoms with van der Waals surface area (Å²) in [4.78, 5) is 6.05. The van der Waals surface area contributed by atoms with Crippen molar-refractivity contribution in [1.29, 1.82) is 0 Å². The second-order valence-corrected chi connectivity index (χ2v) is 8.25. The van der Waals surface area contributed by atoms with Gasteiger partial charge in [0.25, 0.3) is 0 Å². The van der Waals surface area contributed by atoms with Crippen LogP contribution in [0.25, 0.3) is 0 Å². The van der Waals surface area contributed by atoms with Gasteiger partial charge >= 0.3 is 0 Å². The highest BCUT2D eigenvalue weighted by molar-refractivity contribution is 7.09. The number of hydrogen-bond acceptors (Lipinski definition) is 5. The molecule has 2 heterocycles. The zero-order valence-corrected chi connectivity index (χ0v) is 18.9. The van der Waals surface area contributed by atoms with E-state index in [9.17, 15) is 0 Å². The number of aryl methyl sites for hydroxylation is 2. The molecule has 3 rings (SSSR count). The number of thiophene rings is 1. The van der Waals surface area contributed by atoms with Gasteiger partial charge in [-0.3, -0.25) is 0 Å². The molecule has 7 nitrogen and oxygen atoms in total. The fourth-order valence-corrected chi connectivity index (χ4v) is 3.57. The van der Waals surface area contributed by atoms with Crippen molar-refractivity contribution < 1.29 is 4.74 Å². The number of nitrogens with one attached hydrogen (secondary N) is 2. The number of benzene rings is 1. The van der Waals surface area contributed by atoms with E-state index in [1.807, 2.05) is 36.7 Å². The van der Waals surface area contributed by atoms with Crippen molar-refractivity contribution in [3.05, 3.63) is 63.9 Å². The normalized spacial score (nSPS) is 12.6. The summed E-state index contributed by atoms with van der Waals surface area (Å²) < 4.78 is 8.03. The Morgan fingerprint density at radius 2 is 2.00 bits per heavy atom. The minimum Gasteiger partial charge on any atom is -0.489 e. The number of aliphatic imine (C=N–C) groups is 1. The Balaban J connectivity index is 1.58. The summed E-state index contributed by atoms with van der Waals surface area (Å²) in [6.07, 6.45) is 0.948. The zero-order chi connectivity index (χ0) is 21.3. The molecule has 1 unspecified atom stereocenters. The fraction of sp³-hybridized carbons (Fsp3) is 0.409. The van der Waals surface area contributed by atoms with Crippen LogP contribution < -0.4 is 15.4 Å². The molecule has 0 radical (unpaired) electrons. The van der Waals surface area contributed by atoms with Gasteiger partial charge in [-0.05, 0) is 50.3 Å². The van der Waals surface area contributed by atoms with Gasteiger partial charge in [-0.25, -0.2) is 4.99 Å². The lowest BCUT2D eigenvalue weighted by molar-refractivity contribution is 0.222. The van der Waals surface area contributed by atoms with Gasteiger partial charge in [0.2, 0.25) is 0 Å². The molecule has 0 saturated carbocycles. The predicted molar refractivity (Wildman–Crippen MR) is 122 cm³/mol. The molecular formula is C22H30N6OS.